The second-order valence-corrected chi connectivity index (χ2v) is 8.95. The van der Waals surface area contributed by atoms with Gasteiger partial charge in [0.05, 0.1) is 17.1 Å². The fourth-order valence-corrected chi connectivity index (χ4v) is 4.78. The molecular formula is C29H25NO7. The number of hydrogen-bond donors (Lipinski definition) is 3. The molecular weight excluding hydrogens is 474 g/mol. The summed E-state index contributed by atoms with van der Waals surface area (Å²) in [6.07, 6.45) is -1.61. The van der Waals surface area contributed by atoms with E-state index in [2.05, 4.69) is 17.4 Å². The predicted octanol–water partition coefficient (Wildman–Crippen LogP) is 3.93. The molecule has 1 aromatic heterocycles. The van der Waals surface area contributed by atoms with Crippen LogP contribution in [0.1, 0.15) is 45.5 Å². The van der Waals surface area contributed by atoms with Gasteiger partial charge in [-0.3, -0.25) is 9.59 Å². The Hall–Kier alpha value is -4.27. The van der Waals surface area contributed by atoms with Crippen LogP contribution in [0.25, 0.3) is 22.1 Å². The number of aldehydes is 1. The van der Waals surface area contributed by atoms with Crippen LogP contribution < -0.4 is 10.7 Å². The van der Waals surface area contributed by atoms with Crippen molar-refractivity contribution in [3.05, 3.63) is 105 Å². The summed E-state index contributed by atoms with van der Waals surface area (Å²) in [5.41, 5.74) is 4.40. The molecule has 1 aliphatic carbocycles. The smallest absolute Gasteiger partial charge is 0.407 e. The molecule has 3 N–H and O–H groups in total. The number of ether oxygens (including phenoxy) is 1. The lowest BCUT2D eigenvalue weighted by molar-refractivity contribution is 0.0137. The Morgan fingerprint density at radius 2 is 1.70 bits per heavy atom. The maximum absolute atomic E-state index is 12.3. The minimum absolute atomic E-state index is 0.0480. The summed E-state index contributed by atoms with van der Waals surface area (Å²) in [5, 5.41) is 23.8. The van der Waals surface area contributed by atoms with Gasteiger partial charge in [-0.1, -0.05) is 54.6 Å². The lowest BCUT2D eigenvalue weighted by Crippen LogP contribution is -2.30. The lowest BCUT2D eigenvalue weighted by Gasteiger charge is -2.19. The van der Waals surface area contributed by atoms with Gasteiger partial charge in [0.15, 0.2) is 6.29 Å². The Labute approximate surface area is 212 Å². The van der Waals surface area contributed by atoms with E-state index in [1.807, 2.05) is 36.4 Å². The van der Waals surface area contributed by atoms with Crippen molar-refractivity contribution in [3.8, 4) is 11.1 Å². The van der Waals surface area contributed by atoms with E-state index >= 15 is 0 Å². The van der Waals surface area contributed by atoms with Crippen LogP contribution in [0.3, 0.4) is 0 Å². The van der Waals surface area contributed by atoms with E-state index in [-0.39, 0.29) is 47.6 Å². The van der Waals surface area contributed by atoms with E-state index in [0.717, 1.165) is 28.5 Å². The molecule has 188 valence electrons. The zero-order chi connectivity index (χ0) is 25.9. The summed E-state index contributed by atoms with van der Waals surface area (Å²) in [4.78, 5) is 35.7. The number of rotatable bonds is 8. The van der Waals surface area contributed by atoms with Crippen LogP contribution in [0.4, 0.5) is 4.79 Å². The zero-order valence-electron chi connectivity index (χ0n) is 19.8. The van der Waals surface area contributed by atoms with E-state index in [1.54, 1.807) is 0 Å². The molecule has 8 nitrogen and oxygen atoms in total. The van der Waals surface area contributed by atoms with E-state index < -0.39 is 23.7 Å². The Morgan fingerprint density at radius 3 is 2.38 bits per heavy atom. The lowest BCUT2D eigenvalue weighted by atomic mass is 9.98. The SMILES string of the molecule is O=Cc1coc2ccc(C(O)C(O)CCNC(=O)OCC3c4ccccc4-c4ccccc43)cc2c1=O. The quantitative estimate of drug-likeness (QED) is 0.314. The standard InChI is InChI=1S/C29H25NO7/c31-14-18-15-36-26-10-9-17(13-23(26)27(18)33)28(34)25(32)11-12-30-29(35)37-16-24-21-7-3-1-5-19(21)20-6-2-4-8-22(20)24/h1-10,13-15,24-25,28,32,34H,11-12,16H2,(H,30,35). The van der Waals surface area contributed by atoms with E-state index in [4.69, 9.17) is 9.15 Å². The zero-order valence-corrected chi connectivity index (χ0v) is 19.8. The summed E-state index contributed by atoms with van der Waals surface area (Å²) in [6.45, 7) is 0.243. The van der Waals surface area contributed by atoms with Crippen molar-refractivity contribution < 1.29 is 29.0 Å². The average molecular weight is 500 g/mol. The van der Waals surface area contributed by atoms with Gasteiger partial charge in [-0.05, 0) is 46.4 Å². The summed E-state index contributed by atoms with van der Waals surface area (Å²) >= 11 is 0. The van der Waals surface area contributed by atoms with Gasteiger partial charge in [0.1, 0.15) is 24.6 Å². The number of nitrogens with one attached hydrogen (secondary N) is 1. The van der Waals surface area contributed by atoms with Crippen molar-refractivity contribution >= 4 is 23.3 Å². The number of benzene rings is 3. The number of fused-ring (bicyclic) bond motifs is 4. The Morgan fingerprint density at radius 1 is 1.03 bits per heavy atom. The van der Waals surface area contributed by atoms with Crippen LogP contribution in [0, 0.1) is 0 Å². The first-order chi connectivity index (χ1) is 18.0. The van der Waals surface area contributed by atoms with Gasteiger partial charge in [-0.25, -0.2) is 4.79 Å². The van der Waals surface area contributed by atoms with E-state index in [9.17, 15) is 24.6 Å². The second-order valence-electron chi connectivity index (χ2n) is 8.95. The third-order valence-corrected chi connectivity index (χ3v) is 6.71. The maximum Gasteiger partial charge on any atom is 0.407 e. The molecule has 37 heavy (non-hydrogen) atoms. The highest BCUT2D eigenvalue weighted by molar-refractivity contribution is 5.84. The van der Waals surface area contributed by atoms with Gasteiger partial charge in [-0.15, -0.1) is 0 Å². The summed E-state index contributed by atoms with van der Waals surface area (Å²) in [7, 11) is 0. The molecule has 3 aromatic carbocycles. The minimum Gasteiger partial charge on any atom is -0.463 e. The van der Waals surface area contributed by atoms with Crippen LogP contribution in [0.5, 0.6) is 0 Å². The molecule has 4 aromatic rings. The first kappa shape index (κ1) is 24.4. The van der Waals surface area contributed by atoms with Crippen molar-refractivity contribution in [1.29, 1.82) is 0 Å². The number of alkyl carbamates (subject to hydrolysis) is 1. The third-order valence-electron chi connectivity index (χ3n) is 6.71. The summed E-state index contributed by atoms with van der Waals surface area (Å²) < 4.78 is 10.7. The van der Waals surface area contributed by atoms with Gasteiger partial charge < -0.3 is 24.7 Å². The predicted molar refractivity (Wildman–Crippen MR) is 137 cm³/mol. The highest BCUT2D eigenvalue weighted by Crippen LogP contribution is 2.44. The molecule has 0 radical (unpaired) electrons. The van der Waals surface area contributed by atoms with Crippen LogP contribution >= 0.6 is 0 Å². The van der Waals surface area contributed by atoms with Crippen molar-refractivity contribution in [2.45, 2.75) is 24.5 Å². The Bertz CT molecular complexity index is 1480. The van der Waals surface area contributed by atoms with Crippen LogP contribution in [0.15, 0.2) is 82.2 Å². The molecule has 0 aliphatic heterocycles. The highest BCUT2D eigenvalue weighted by Gasteiger charge is 2.29. The van der Waals surface area contributed by atoms with Crippen LogP contribution in [0.2, 0.25) is 0 Å². The third kappa shape index (κ3) is 4.76. The van der Waals surface area contributed by atoms with Gasteiger partial charge in [0.2, 0.25) is 5.43 Å². The molecule has 1 heterocycles. The molecule has 2 unspecified atom stereocenters. The normalized spacial score (nSPS) is 14.0. The molecule has 1 aliphatic rings. The van der Waals surface area contributed by atoms with Gasteiger partial charge in [0, 0.05) is 12.5 Å². The number of amides is 1. The minimum atomic E-state index is -1.31. The number of aliphatic hydroxyl groups is 2. The first-order valence-corrected chi connectivity index (χ1v) is 11.9. The molecule has 1 amide bonds. The number of carbonyl (C=O) groups excluding carboxylic acids is 2. The topological polar surface area (TPSA) is 126 Å². The van der Waals surface area contributed by atoms with Crippen molar-refractivity contribution in [1.82, 2.24) is 5.32 Å². The van der Waals surface area contributed by atoms with E-state index in [0.29, 0.717) is 6.29 Å². The number of hydrogen-bond acceptors (Lipinski definition) is 7. The van der Waals surface area contributed by atoms with Crippen LogP contribution in [-0.2, 0) is 4.74 Å². The van der Waals surface area contributed by atoms with Crippen LogP contribution in [-0.4, -0.2) is 41.8 Å². The molecule has 5 rings (SSSR count). The summed E-state index contributed by atoms with van der Waals surface area (Å²) in [5.74, 6) is -0.0594. The van der Waals surface area contributed by atoms with Crippen molar-refractivity contribution in [2.75, 3.05) is 13.2 Å². The fraction of sp³-hybridized carbons (Fsp3) is 0.207. The van der Waals surface area contributed by atoms with Gasteiger partial charge in [-0.2, -0.15) is 0 Å². The Balaban J connectivity index is 1.16. The molecule has 0 fully saturated rings. The van der Waals surface area contributed by atoms with Gasteiger partial charge in [0.25, 0.3) is 0 Å². The molecule has 0 bridgehead atoms. The van der Waals surface area contributed by atoms with Crippen molar-refractivity contribution in [3.63, 3.8) is 0 Å². The molecule has 2 atom stereocenters. The van der Waals surface area contributed by atoms with E-state index in [1.165, 1.54) is 18.2 Å². The Kier molecular flexibility index (Phi) is 6.85. The molecule has 0 saturated carbocycles. The number of aliphatic hydroxyl groups excluding tert-OH is 2. The number of carbonyl (C=O) groups is 2. The fourth-order valence-electron chi connectivity index (χ4n) is 4.78. The summed E-state index contributed by atoms with van der Waals surface area (Å²) in [6, 6.07) is 20.5. The maximum atomic E-state index is 12.3. The highest BCUT2D eigenvalue weighted by atomic mass is 16.5. The van der Waals surface area contributed by atoms with Crippen molar-refractivity contribution in [2.24, 2.45) is 0 Å². The molecule has 0 spiro atoms. The molecule has 0 saturated heterocycles. The first-order valence-electron chi connectivity index (χ1n) is 11.9. The van der Waals surface area contributed by atoms with Gasteiger partial charge >= 0.3 is 6.09 Å². The molecule has 8 heteroatoms. The monoisotopic (exact) mass is 499 g/mol. The second kappa shape index (κ2) is 10.4. The largest absolute Gasteiger partial charge is 0.463 e. The average Bonchev–Trinajstić information content (AvgIpc) is 3.25.